The molecule has 0 bridgehead atoms. The predicted molar refractivity (Wildman–Crippen MR) is 120 cm³/mol. The third kappa shape index (κ3) is 5.05. The van der Waals surface area contributed by atoms with Crippen molar-refractivity contribution in [3.05, 3.63) is 34.3 Å². The van der Waals surface area contributed by atoms with E-state index in [1.54, 1.807) is 0 Å². The summed E-state index contributed by atoms with van der Waals surface area (Å²) in [7, 11) is 0. The van der Waals surface area contributed by atoms with Gasteiger partial charge in [-0.3, -0.25) is 4.79 Å². The Morgan fingerprint density at radius 3 is 2.41 bits per heavy atom. The van der Waals surface area contributed by atoms with Crippen molar-refractivity contribution in [1.82, 2.24) is 9.80 Å². The van der Waals surface area contributed by atoms with Gasteiger partial charge in [0.25, 0.3) is 0 Å². The van der Waals surface area contributed by atoms with Crippen LogP contribution in [0, 0.1) is 5.92 Å². The minimum Gasteiger partial charge on any atom is -0.381 e. The lowest BCUT2D eigenvalue weighted by atomic mass is 9.73. The third-order valence-electron chi connectivity index (χ3n) is 7.27. The molecule has 1 aromatic carbocycles. The van der Waals surface area contributed by atoms with Crippen LogP contribution in [0.4, 0.5) is 0 Å². The molecule has 4 rings (SSSR count). The SMILES string of the molecule is O=C(N1CCCN(CC2CCCCC2)CC1)C1(c2ccc(Br)cc2)CCOCC1. The van der Waals surface area contributed by atoms with E-state index < -0.39 is 5.41 Å². The molecule has 1 saturated carbocycles. The van der Waals surface area contributed by atoms with Crippen molar-refractivity contribution in [3.63, 3.8) is 0 Å². The smallest absolute Gasteiger partial charge is 0.233 e. The Bertz CT molecular complexity index is 666. The van der Waals surface area contributed by atoms with E-state index in [9.17, 15) is 4.79 Å². The van der Waals surface area contributed by atoms with Crippen molar-refractivity contribution in [3.8, 4) is 0 Å². The number of ether oxygens (including phenoxy) is 1. The predicted octanol–water partition coefficient (Wildman–Crippen LogP) is 4.61. The summed E-state index contributed by atoms with van der Waals surface area (Å²) in [5.41, 5.74) is 0.731. The van der Waals surface area contributed by atoms with Gasteiger partial charge >= 0.3 is 0 Å². The van der Waals surface area contributed by atoms with Crippen molar-refractivity contribution in [2.24, 2.45) is 5.92 Å². The molecule has 5 heteroatoms. The van der Waals surface area contributed by atoms with E-state index in [0.29, 0.717) is 19.1 Å². The van der Waals surface area contributed by atoms with Gasteiger partial charge in [-0.15, -0.1) is 0 Å². The lowest BCUT2D eigenvalue weighted by molar-refractivity contribution is -0.141. The summed E-state index contributed by atoms with van der Waals surface area (Å²) < 4.78 is 6.70. The largest absolute Gasteiger partial charge is 0.381 e. The summed E-state index contributed by atoms with van der Waals surface area (Å²) in [6, 6.07) is 8.38. The van der Waals surface area contributed by atoms with Crippen LogP contribution in [0.1, 0.15) is 56.9 Å². The first kappa shape index (κ1) is 21.3. The minimum absolute atomic E-state index is 0.322. The topological polar surface area (TPSA) is 32.8 Å². The summed E-state index contributed by atoms with van der Waals surface area (Å²) in [5.74, 6) is 1.19. The highest BCUT2D eigenvalue weighted by atomic mass is 79.9. The molecule has 29 heavy (non-hydrogen) atoms. The number of carbonyl (C=O) groups excluding carboxylic acids is 1. The van der Waals surface area contributed by atoms with Crippen LogP contribution in [0.25, 0.3) is 0 Å². The van der Waals surface area contributed by atoms with Gasteiger partial charge in [-0.25, -0.2) is 0 Å². The van der Waals surface area contributed by atoms with Crippen molar-refractivity contribution >= 4 is 21.8 Å². The zero-order chi connectivity index (χ0) is 20.1. The number of carbonyl (C=O) groups is 1. The van der Waals surface area contributed by atoms with Crippen molar-refractivity contribution < 1.29 is 9.53 Å². The first-order valence-corrected chi connectivity index (χ1v) is 12.3. The highest BCUT2D eigenvalue weighted by molar-refractivity contribution is 9.10. The first-order valence-electron chi connectivity index (χ1n) is 11.5. The molecule has 0 radical (unpaired) electrons. The Morgan fingerprint density at radius 1 is 0.966 bits per heavy atom. The van der Waals surface area contributed by atoms with E-state index in [-0.39, 0.29) is 0 Å². The number of hydrogen-bond donors (Lipinski definition) is 0. The second kappa shape index (κ2) is 9.93. The molecule has 2 saturated heterocycles. The Balaban J connectivity index is 1.44. The summed E-state index contributed by atoms with van der Waals surface area (Å²) in [6.45, 7) is 6.48. The molecule has 4 nitrogen and oxygen atoms in total. The highest BCUT2D eigenvalue weighted by Gasteiger charge is 2.44. The van der Waals surface area contributed by atoms with E-state index >= 15 is 0 Å². The number of hydrogen-bond acceptors (Lipinski definition) is 3. The number of amides is 1. The average molecular weight is 463 g/mol. The molecule has 2 aliphatic heterocycles. The third-order valence-corrected chi connectivity index (χ3v) is 7.80. The van der Waals surface area contributed by atoms with Crippen LogP contribution in [0.5, 0.6) is 0 Å². The molecule has 0 atom stereocenters. The maximum atomic E-state index is 13.9. The van der Waals surface area contributed by atoms with E-state index in [1.807, 2.05) is 0 Å². The molecule has 2 heterocycles. The standard InChI is InChI=1S/C24H35BrN2O2/c25-22-9-7-21(8-10-22)24(11-17-29-18-12-24)23(28)27-14-4-13-26(15-16-27)19-20-5-2-1-3-6-20/h7-10,20H,1-6,11-19H2. The molecule has 0 unspecified atom stereocenters. The van der Waals surface area contributed by atoms with Crippen molar-refractivity contribution in [2.75, 3.05) is 45.9 Å². The van der Waals surface area contributed by atoms with Gasteiger partial charge in [0.05, 0.1) is 5.41 Å². The maximum absolute atomic E-state index is 13.9. The lowest BCUT2D eigenvalue weighted by Gasteiger charge is -2.40. The maximum Gasteiger partial charge on any atom is 0.233 e. The summed E-state index contributed by atoms with van der Waals surface area (Å²) in [6.07, 6.45) is 9.68. The molecule has 3 aliphatic rings. The van der Waals surface area contributed by atoms with Crippen LogP contribution < -0.4 is 0 Å². The number of nitrogens with zero attached hydrogens (tertiary/aromatic N) is 2. The number of rotatable bonds is 4. The highest BCUT2D eigenvalue weighted by Crippen LogP contribution is 2.37. The Kier molecular flexibility index (Phi) is 7.30. The zero-order valence-corrected chi connectivity index (χ0v) is 19.2. The van der Waals surface area contributed by atoms with Crippen LogP contribution in [0.15, 0.2) is 28.7 Å². The molecule has 0 N–H and O–H groups in total. The molecule has 1 aliphatic carbocycles. The summed E-state index contributed by atoms with van der Waals surface area (Å²) in [4.78, 5) is 18.6. The van der Waals surface area contributed by atoms with E-state index in [4.69, 9.17) is 4.74 Å². The Morgan fingerprint density at radius 2 is 1.69 bits per heavy atom. The molecule has 3 fully saturated rings. The monoisotopic (exact) mass is 462 g/mol. The molecule has 160 valence electrons. The molecule has 0 aromatic heterocycles. The molecular weight excluding hydrogens is 428 g/mol. The fraction of sp³-hybridized carbons (Fsp3) is 0.708. The van der Waals surface area contributed by atoms with E-state index in [1.165, 1.54) is 38.6 Å². The lowest BCUT2D eigenvalue weighted by Crippen LogP contribution is -2.51. The van der Waals surface area contributed by atoms with Crippen LogP contribution >= 0.6 is 15.9 Å². The van der Waals surface area contributed by atoms with Crippen LogP contribution in [0.2, 0.25) is 0 Å². The normalized spacial score (nSPS) is 24.2. The van der Waals surface area contributed by atoms with E-state index in [0.717, 1.165) is 61.4 Å². The fourth-order valence-corrected chi connectivity index (χ4v) is 5.77. The zero-order valence-electron chi connectivity index (χ0n) is 17.6. The van der Waals surface area contributed by atoms with Crippen LogP contribution in [-0.2, 0) is 14.9 Å². The van der Waals surface area contributed by atoms with Gasteiger partial charge in [0.15, 0.2) is 0 Å². The van der Waals surface area contributed by atoms with Gasteiger partial charge in [-0.1, -0.05) is 47.3 Å². The van der Waals surface area contributed by atoms with Gasteiger partial charge in [-0.05, 0) is 62.3 Å². The quantitative estimate of drug-likeness (QED) is 0.654. The van der Waals surface area contributed by atoms with Gasteiger partial charge < -0.3 is 14.5 Å². The van der Waals surface area contributed by atoms with Crippen LogP contribution in [-0.4, -0.2) is 61.6 Å². The van der Waals surface area contributed by atoms with E-state index in [2.05, 4.69) is 50.0 Å². The van der Waals surface area contributed by atoms with Gasteiger partial charge in [0, 0.05) is 43.9 Å². The second-order valence-corrected chi connectivity index (χ2v) is 10.1. The molecule has 1 amide bonds. The van der Waals surface area contributed by atoms with Crippen LogP contribution in [0.3, 0.4) is 0 Å². The molecular formula is C24H35BrN2O2. The van der Waals surface area contributed by atoms with Gasteiger partial charge in [0.2, 0.25) is 5.91 Å². The molecule has 1 aromatic rings. The fourth-order valence-electron chi connectivity index (χ4n) is 5.51. The summed E-state index contributed by atoms with van der Waals surface area (Å²) >= 11 is 3.53. The Labute approximate surface area is 184 Å². The first-order chi connectivity index (χ1) is 14.2. The molecule has 0 spiro atoms. The summed E-state index contributed by atoms with van der Waals surface area (Å²) in [5, 5.41) is 0. The number of halogens is 1. The van der Waals surface area contributed by atoms with Crippen molar-refractivity contribution in [2.45, 2.75) is 56.8 Å². The van der Waals surface area contributed by atoms with Gasteiger partial charge in [0.1, 0.15) is 0 Å². The Hall–Kier alpha value is -0.910. The van der Waals surface area contributed by atoms with Crippen molar-refractivity contribution in [1.29, 1.82) is 0 Å². The minimum atomic E-state index is -0.419. The van der Waals surface area contributed by atoms with Gasteiger partial charge in [-0.2, -0.15) is 0 Å². The average Bonchev–Trinajstić information content (AvgIpc) is 3.00. The second-order valence-electron chi connectivity index (χ2n) is 9.15. The number of benzene rings is 1.